The molecule has 0 spiro atoms. The molecule has 8 heteroatoms. The van der Waals surface area contributed by atoms with E-state index in [1.54, 1.807) is 25.3 Å². The largest absolute Gasteiger partial charge is 0.380 e. The van der Waals surface area contributed by atoms with E-state index in [0.717, 1.165) is 42.9 Å². The van der Waals surface area contributed by atoms with Crippen LogP contribution in [-0.2, 0) is 16.0 Å². The van der Waals surface area contributed by atoms with Crippen LogP contribution in [0, 0.1) is 11.3 Å². The highest BCUT2D eigenvalue weighted by atomic mass is 16.5. The first kappa shape index (κ1) is 18.2. The molecular weight excluding hydrogens is 356 g/mol. The van der Waals surface area contributed by atoms with Gasteiger partial charge in [0.15, 0.2) is 5.82 Å². The summed E-state index contributed by atoms with van der Waals surface area (Å²) in [6, 6.07) is 7.87. The Hall–Kier alpha value is -3.18. The van der Waals surface area contributed by atoms with E-state index in [-0.39, 0.29) is 12.0 Å². The van der Waals surface area contributed by atoms with E-state index in [1.165, 1.54) is 0 Å². The molecule has 3 heterocycles. The lowest BCUT2D eigenvalue weighted by molar-refractivity contribution is -0.117. The molecule has 1 fully saturated rings. The third-order valence-electron chi connectivity index (χ3n) is 5.31. The van der Waals surface area contributed by atoms with Gasteiger partial charge in [-0.25, -0.2) is 4.98 Å². The quantitative estimate of drug-likeness (QED) is 0.872. The second-order valence-corrected chi connectivity index (χ2v) is 7.09. The molecule has 1 aromatic heterocycles. The minimum Gasteiger partial charge on any atom is -0.380 e. The van der Waals surface area contributed by atoms with Crippen molar-refractivity contribution in [1.29, 1.82) is 5.26 Å². The molecule has 2 aliphatic heterocycles. The van der Waals surface area contributed by atoms with Gasteiger partial charge in [-0.3, -0.25) is 4.79 Å². The third kappa shape index (κ3) is 3.37. The highest BCUT2D eigenvalue weighted by Crippen LogP contribution is 2.31. The fourth-order valence-corrected chi connectivity index (χ4v) is 3.70. The van der Waals surface area contributed by atoms with E-state index in [9.17, 15) is 10.1 Å². The number of nitrogens with zero attached hydrogens (tertiary/aromatic N) is 5. The van der Waals surface area contributed by atoms with E-state index in [0.29, 0.717) is 23.8 Å². The molecule has 1 unspecified atom stereocenters. The zero-order chi connectivity index (χ0) is 19.7. The first-order chi connectivity index (χ1) is 13.6. The molecule has 28 heavy (non-hydrogen) atoms. The molecule has 4 rings (SSSR count). The molecule has 0 bridgehead atoms. The summed E-state index contributed by atoms with van der Waals surface area (Å²) in [5.41, 5.74) is 3.04. The summed E-state index contributed by atoms with van der Waals surface area (Å²) >= 11 is 0. The van der Waals surface area contributed by atoms with Crippen molar-refractivity contribution in [1.82, 2.24) is 9.97 Å². The Labute approximate surface area is 163 Å². The van der Waals surface area contributed by atoms with E-state index >= 15 is 0 Å². The maximum Gasteiger partial charge on any atom is 0.231 e. The van der Waals surface area contributed by atoms with Crippen LogP contribution in [0.2, 0.25) is 0 Å². The Morgan fingerprint density at radius 2 is 2.25 bits per heavy atom. The van der Waals surface area contributed by atoms with Crippen LogP contribution in [0.1, 0.15) is 24.0 Å². The van der Waals surface area contributed by atoms with Gasteiger partial charge in [0, 0.05) is 38.6 Å². The Balaban J connectivity index is 1.60. The minimum absolute atomic E-state index is 0.0759. The van der Waals surface area contributed by atoms with Crippen LogP contribution in [0.15, 0.2) is 24.4 Å². The SMILES string of the molecule is COC1CCCN(c2ncc(C#N)c(Nc3ccc4c(c3)CC(=O)N4C)n2)C1. The zero-order valence-corrected chi connectivity index (χ0v) is 16.0. The van der Waals surface area contributed by atoms with Crippen molar-refractivity contribution >= 4 is 29.0 Å². The van der Waals surface area contributed by atoms with Crippen molar-refractivity contribution < 1.29 is 9.53 Å². The Morgan fingerprint density at radius 3 is 3.04 bits per heavy atom. The van der Waals surface area contributed by atoms with Gasteiger partial charge in [0.25, 0.3) is 0 Å². The number of ether oxygens (including phenoxy) is 1. The molecule has 1 amide bonds. The molecule has 144 valence electrons. The number of amides is 1. The molecular formula is C20H22N6O2. The Bertz CT molecular complexity index is 954. The molecule has 2 aromatic rings. The van der Waals surface area contributed by atoms with Gasteiger partial charge in [-0.05, 0) is 36.6 Å². The Kier molecular flexibility index (Phi) is 4.84. The monoisotopic (exact) mass is 378 g/mol. The fraction of sp³-hybridized carbons (Fsp3) is 0.400. The molecule has 1 atom stereocenters. The summed E-state index contributed by atoms with van der Waals surface area (Å²) < 4.78 is 5.48. The molecule has 2 aliphatic rings. The molecule has 1 N–H and O–H groups in total. The van der Waals surface area contributed by atoms with E-state index in [4.69, 9.17) is 4.74 Å². The van der Waals surface area contributed by atoms with Gasteiger partial charge in [0.1, 0.15) is 11.6 Å². The maximum absolute atomic E-state index is 11.9. The van der Waals surface area contributed by atoms with Gasteiger partial charge in [-0.15, -0.1) is 0 Å². The second kappa shape index (κ2) is 7.44. The predicted octanol–water partition coefficient (Wildman–Crippen LogP) is 2.23. The number of likely N-dealkylation sites (N-methyl/N-ethyl adjacent to an activating group) is 1. The number of hydrogen-bond donors (Lipinski definition) is 1. The number of nitriles is 1. The summed E-state index contributed by atoms with van der Waals surface area (Å²) in [5.74, 6) is 1.12. The number of methoxy groups -OCH3 is 1. The molecule has 1 saturated heterocycles. The number of fused-ring (bicyclic) bond motifs is 1. The molecule has 0 aliphatic carbocycles. The smallest absolute Gasteiger partial charge is 0.231 e. The van der Waals surface area contributed by atoms with Crippen LogP contribution >= 0.6 is 0 Å². The van der Waals surface area contributed by atoms with Crippen LogP contribution in [0.5, 0.6) is 0 Å². The standard InChI is InChI=1S/C20H22N6O2/c1-25-17-6-5-15(8-13(17)9-18(25)27)23-19-14(10-21)11-22-20(24-19)26-7-3-4-16(12-26)28-2/h5-6,8,11,16H,3-4,7,9,12H2,1-2H3,(H,22,23,24). The normalized spacial score (nSPS) is 18.8. The van der Waals surface area contributed by atoms with Crippen LogP contribution in [0.4, 0.5) is 23.1 Å². The first-order valence-electron chi connectivity index (χ1n) is 9.30. The van der Waals surface area contributed by atoms with E-state index in [1.807, 2.05) is 18.2 Å². The van der Waals surface area contributed by atoms with Crippen molar-refractivity contribution in [3.8, 4) is 6.07 Å². The van der Waals surface area contributed by atoms with E-state index < -0.39 is 0 Å². The molecule has 0 saturated carbocycles. The van der Waals surface area contributed by atoms with Crippen LogP contribution in [-0.4, -0.2) is 49.2 Å². The number of nitrogens with one attached hydrogen (secondary N) is 1. The van der Waals surface area contributed by atoms with E-state index in [2.05, 4.69) is 26.3 Å². The average Bonchev–Trinajstić information content (AvgIpc) is 3.01. The number of piperidine rings is 1. The number of anilines is 4. The van der Waals surface area contributed by atoms with Crippen LogP contribution in [0.25, 0.3) is 0 Å². The van der Waals surface area contributed by atoms with Gasteiger partial charge in [-0.1, -0.05) is 0 Å². The van der Waals surface area contributed by atoms with Gasteiger partial charge >= 0.3 is 0 Å². The number of benzene rings is 1. The Morgan fingerprint density at radius 1 is 1.39 bits per heavy atom. The van der Waals surface area contributed by atoms with Crippen molar-refractivity contribution in [3.05, 3.63) is 35.5 Å². The van der Waals surface area contributed by atoms with Crippen molar-refractivity contribution in [3.63, 3.8) is 0 Å². The summed E-state index contributed by atoms with van der Waals surface area (Å²) in [5, 5.41) is 12.7. The summed E-state index contributed by atoms with van der Waals surface area (Å²) in [6.07, 6.45) is 4.13. The van der Waals surface area contributed by atoms with Gasteiger partial charge in [-0.2, -0.15) is 10.2 Å². The third-order valence-corrected chi connectivity index (χ3v) is 5.31. The predicted molar refractivity (Wildman–Crippen MR) is 106 cm³/mol. The molecule has 0 radical (unpaired) electrons. The maximum atomic E-state index is 11.9. The number of aromatic nitrogens is 2. The fourth-order valence-electron chi connectivity index (χ4n) is 3.70. The van der Waals surface area contributed by atoms with Crippen LogP contribution < -0.4 is 15.1 Å². The first-order valence-corrected chi connectivity index (χ1v) is 9.30. The minimum atomic E-state index is 0.0759. The number of carbonyl (C=O) groups excluding carboxylic acids is 1. The number of hydrogen-bond acceptors (Lipinski definition) is 7. The second-order valence-electron chi connectivity index (χ2n) is 7.09. The van der Waals surface area contributed by atoms with Crippen molar-refractivity contribution in [2.24, 2.45) is 0 Å². The van der Waals surface area contributed by atoms with Crippen molar-refractivity contribution in [2.75, 3.05) is 42.4 Å². The number of rotatable bonds is 4. The van der Waals surface area contributed by atoms with Gasteiger partial charge in [0.2, 0.25) is 11.9 Å². The van der Waals surface area contributed by atoms with Gasteiger partial charge in [0.05, 0.1) is 18.7 Å². The molecule has 1 aromatic carbocycles. The topological polar surface area (TPSA) is 94.4 Å². The lowest BCUT2D eigenvalue weighted by Gasteiger charge is -2.32. The summed E-state index contributed by atoms with van der Waals surface area (Å²) in [4.78, 5) is 24.6. The molecule has 8 nitrogen and oxygen atoms in total. The highest BCUT2D eigenvalue weighted by molar-refractivity contribution is 6.01. The van der Waals surface area contributed by atoms with Gasteiger partial charge < -0.3 is 19.9 Å². The zero-order valence-electron chi connectivity index (χ0n) is 16.0. The summed E-state index contributed by atoms with van der Waals surface area (Å²) in [7, 11) is 3.49. The lowest BCUT2D eigenvalue weighted by atomic mass is 10.1. The van der Waals surface area contributed by atoms with Crippen LogP contribution in [0.3, 0.4) is 0 Å². The lowest BCUT2D eigenvalue weighted by Crippen LogP contribution is -2.40. The highest BCUT2D eigenvalue weighted by Gasteiger charge is 2.25. The average molecular weight is 378 g/mol. The number of carbonyl (C=O) groups is 1. The summed E-state index contributed by atoms with van der Waals surface area (Å²) in [6.45, 7) is 1.59. The van der Waals surface area contributed by atoms with Crippen molar-refractivity contribution in [2.45, 2.75) is 25.4 Å².